The minimum Gasteiger partial charge on any atom is -0.461 e. The Hall–Kier alpha value is -0.300. The molecule has 2 unspecified atom stereocenters. The molecule has 140 valence electrons. The van der Waals surface area contributed by atoms with Gasteiger partial charge in [0.1, 0.15) is 12.7 Å². The van der Waals surface area contributed by atoms with Gasteiger partial charge in [-0.05, 0) is 21.5 Å². The normalized spacial score (nSPS) is 14.4. The van der Waals surface area contributed by atoms with Crippen LogP contribution in [0.1, 0.15) is 20.8 Å². The van der Waals surface area contributed by atoms with Crippen LogP contribution >= 0.6 is 32.1 Å². The van der Waals surface area contributed by atoms with Crippen LogP contribution in [0.25, 0.3) is 0 Å². The highest BCUT2D eigenvalue weighted by molar-refractivity contribution is 7.99. The fourth-order valence-electron chi connectivity index (χ4n) is 1.63. The predicted molar refractivity (Wildman–Crippen MR) is 104 cm³/mol. The summed E-state index contributed by atoms with van der Waals surface area (Å²) in [6.45, 7) is 7.24. The number of rotatable bonds is 11. The SMILES string of the molecule is CPC(=O)O[C@@H](COC(=O)CSC)CSCC(N)C(=O)C(C)(C)C. The Balaban J connectivity index is 4.42. The Morgan fingerprint density at radius 2 is 1.83 bits per heavy atom. The molecular weight excluding hydrogens is 369 g/mol. The zero-order valence-corrected chi connectivity index (χ0v) is 17.6. The zero-order valence-electron chi connectivity index (χ0n) is 14.9. The summed E-state index contributed by atoms with van der Waals surface area (Å²) >= 11 is 2.78. The maximum Gasteiger partial charge on any atom is 0.323 e. The maximum absolute atomic E-state index is 12.1. The van der Waals surface area contributed by atoms with Gasteiger partial charge in [-0.1, -0.05) is 20.8 Å². The first kappa shape index (κ1) is 23.7. The van der Waals surface area contributed by atoms with Gasteiger partial charge in [0.25, 0.3) is 0 Å². The Morgan fingerprint density at radius 3 is 2.33 bits per heavy atom. The van der Waals surface area contributed by atoms with E-state index in [4.69, 9.17) is 15.2 Å². The van der Waals surface area contributed by atoms with Crippen molar-refractivity contribution in [2.75, 3.05) is 36.8 Å². The summed E-state index contributed by atoms with van der Waals surface area (Å²) in [6.07, 6.45) is 1.28. The lowest BCUT2D eigenvalue weighted by Crippen LogP contribution is -2.41. The van der Waals surface area contributed by atoms with Crippen LogP contribution < -0.4 is 5.73 Å². The van der Waals surface area contributed by atoms with Crippen LogP contribution in [0, 0.1) is 5.41 Å². The lowest BCUT2D eigenvalue weighted by Gasteiger charge is -2.22. The van der Waals surface area contributed by atoms with E-state index < -0.39 is 17.6 Å². The standard InChI is InChI=1S/C15H28NO5PS2/c1-15(2,3)13(18)11(16)8-24-7-10(21-14(19)22-4)6-20-12(17)9-23-5/h10-11,22H,6-9,16H2,1-5H3/t10-,11?/m0/s1. The van der Waals surface area contributed by atoms with E-state index in [1.807, 2.05) is 20.8 Å². The third kappa shape index (κ3) is 10.5. The number of hydrogen-bond donors (Lipinski definition) is 1. The fraction of sp³-hybridized carbons (Fsp3) is 0.800. The van der Waals surface area contributed by atoms with Crippen LogP contribution in [0.5, 0.6) is 0 Å². The molecule has 0 fully saturated rings. The average Bonchev–Trinajstić information content (AvgIpc) is 2.50. The number of hydrogen-bond acceptors (Lipinski definition) is 8. The summed E-state index contributed by atoms with van der Waals surface area (Å²) in [5.74, 6) is 0.761. The molecule has 0 heterocycles. The highest BCUT2D eigenvalue weighted by Crippen LogP contribution is 2.19. The summed E-state index contributed by atoms with van der Waals surface area (Å²) < 4.78 is 10.4. The van der Waals surface area contributed by atoms with Crippen molar-refractivity contribution in [1.82, 2.24) is 0 Å². The highest BCUT2D eigenvalue weighted by Gasteiger charge is 2.27. The zero-order chi connectivity index (χ0) is 18.8. The second-order valence-corrected chi connectivity index (χ2v) is 9.00. The molecule has 0 aliphatic heterocycles. The molecule has 2 N–H and O–H groups in total. The molecule has 0 rings (SSSR count). The van der Waals surface area contributed by atoms with Gasteiger partial charge in [-0.15, -0.1) is 0 Å². The molecule has 0 aromatic rings. The minimum absolute atomic E-state index is 0.00928. The van der Waals surface area contributed by atoms with Gasteiger partial charge in [-0.2, -0.15) is 23.5 Å². The molecule has 0 bridgehead atoms. The van der Waals surface area contributed by atoms with E-state index in [9.17, 15) is 14.4 Å². The van der Waals surface area contributed by atoms with Crippen molar-refractivity contribution in [2.45, 2.75) is 32.9 Å². The van der Waals surface area contributed by atoms with Gasteiger partial charge in [0, 0.05) is 16.9 Å². The molecule has 3 atom stereocenters. The second-order valence-electron chi connectivity index (χ2n) is 6.15. The molecule has 0 amide bonds. The van der Waals surface area contributed by atoms with Gasteiger partial charge < -0.3 is 15.2 Å². The molecule has 0 radical (unpaired) electrons. The Bertz CT molecular complexity index is 429. The van der Waals surface area contributed by atoms with Crippen molar-refractivity contribution in [1.29, 1.82) is 0 Å². The molecule has 24 heavy (non-hydrogen) atoms. The third-order valence-electron chi connectivity index (χ3n) is 2.85. The van der Waals surface area contributed by atoms with E-state index in [0.717, 1.165) is 0 Å². The average molecular weight is 397 g/mol. The smallest absolute Gasteiger partial charge is 0.323 e. The molecule has 0 aliphatic rings. The largest absolute Gasteiger partial charge is 0.461 e. The number of carbonyl (C=O) groups excluding carboxylic acids is 3. The van der Waals surface area contributed by atoms with E-state index in [-0.39, 0.29) is 38.4 Å². The molecule has 0 spiro atoms. The van der Waals surface area contributed by atoms with Crippen LogP contribution in [0.2, 0.25) is 0 Å². The van der Waals surface area contributed by atoms with Gasteiger partial charge >= 0.3 is 11.7 Å². The second kappa shape index (κ2) is 12.1. The summed E-state index contributed by atoms with van der Waals surface area (Å²) in [7, 11) is 0.0186. The molecular formula is C15H28NO5PS2. The Kier molecular flexibility index (Phi) is 12.0. The van der Waals surface area contributed by atoms with E-state index in [0.29, 0.717) is 11.5 Å². The molecule has 0 aliphatic carbocycles. The van der Waals surface area contributed by atoms with Crippen LogP contribution in [0.15, 0.2) is 0 Å². The van der Waals surface area contributed by atoms with E-state index in [1.54, 1.807) is 12.9 Å². The van der Waals surface area contributed by atoms with Crippen molar-refractivity contribution in [2.24, 2.45) is 11.1 Å². The highest BCUT2D eigenvalue weighted by atomic mass is 32.2. The van der Waals surface area contributed by atoms with Crippen molar-refractivity contribution >= 4 is 49.6 Å². The van der Waals surface area contributed by atoms with Gasteiger partial charge in [0.15, 0.2) is 5.78 Å². The number of ketones is 1. The molecule has 0 aromatic carbocycles. The van der Waals surface area contributed by atoms with Gasteiger partial charge in [-0.3, -0.25) is 9.59 Å². The Morgan fingerprint density at radius 1 is 1.21 bits per heavy atom. The number of nitrogens with two attached hydrogens (primary N) is 1. The van der Waals surface area contributed by atoms with Crippen molar-refractivity contribution in [3.63, 3.8) is 0 Å². The number of Topliss-reactive ketones (excluding diaryl/α,β-unsaturated/α-hetero) is 1. The predicted octanol–water partition coefficient (Wildman–Crippen LogP) is 2.38. The Labute approximate surface area is 154 Å². The van der Waals surface area contributed by atoms with E-state index >= 15 is 0 Å². The van der Waals surface area contributed by atoms with Crippen LogP contribution in [-0.2, 0) is 19.1 Å². The summed E-state index contributed by atoms with van der Waals surface area (Å²) in [5.41, 5.74) is 5.11. The molecule has 0 aromatic heterocycles. The first-order chi connectivity index (χ1) is 11.1. The monoisotopic (exact) mass is 397 g/mol. The quantitative estimate of drug-likeness (QED) is 0.419. The lowest BCUT2D eigenvalue weighted by molar-refractivity contribution is -0.142. The fourth-order valence-corrected chi connectivity index (χ4v) is 3.20. The summed E-state index contributed by atoms with van der Waals surface area (Å²) in [5, 5.41) is 0. The summed E-state index contributed by atoms with van der Waals surface area (Å²) in [4.78, 5) is 35.0. The van der Waals surface area contributed by atoms with Gasteiger partial charge in [0.2, 0.25) is 0 Å². The minimum atomic E-state index is -0.571. The van der Waals surface area contributed by atoms with Crippen molar-refractivity contribution in [3.8, 4) is 0 Å². The van der Waals surface area contributed by atoms with Crippen LogP contribution in [0.4, 0.5) is 4.79 Å². The first-order valence-corrected chi connectivity index (χ1v) is 11.6. The first-order valence-electron chi connectivity index (χ1n) is 7.52. The molecule has 6 nitrogen and oxygen atoms in total. The third-order valence-corrected chi connectivity index (χ3v) is 5.10. The number of thioether (sulfide) groups is 2. The molecule has 9 heteroatoms. The van der Waals surface area contributed by atoms with Gasteiger partial charge in [-0.25, -0.2) is 4.79 Å². The van der Waals surface area contributed by atoms with Crippen molar-refractivity contribution < 1.29 is 23.9 Å². The number of esters is 1. The maximum atomic E-state index is 12.1. The topological polar surface area (TPSA) is 95.7 Å². The number of carbonyl (C=O) groups is 3. The number of ether oxygens (including phenoxy) is 2. The van der Waals surface area contributed by atoms with Crippen molar-refractivity contribution in [3.05, 3.63) is 0 Å². The van der Waals surface area contributed by atoms with Gasteiger partial charge in [0.05, 0.1) is 11.8 Å². The molecule has 0 saturated heterocycles. The summed E-state index contributed by atoms with van der Waals surface area (Å²) in [6, 6.07) is -0.571. The van der Waals surface area contributed by atoms with E-state index in [2.05, 4.69) is 0 Å². The molecule has 0 saturated carbocycles. The van der Waals surface area contributed by atoms with Crippen LogP contribution in [-0.4, -0.2) is 66.4 Å². The van der Waals surface area contributed by atoms with E-state index in [1.165, 1.54) is 23.5 Å². The van der Waals surface area contributed by atoms with Crippen LogP contribution in [0.3, 0.4) is 0 Å². The lowest BCUT2D eigenvalue weighted by atomic mass is 9.87.